The monoisotopic (exact) mass is 272 g/mol. The summed E-state index contributed by atoms with van der Waals surface area (Å²) in [5, 5.41) is 11.6. The summed E-state index contributed by atoms with van der Waals surface area (Å²) in [5.41, 5.74) is 7.17. The molecule has 0 radical (unpaired) electrons. The predicted octanol–water partition coefficient (Wildman–Crippen LogP) is 1.40. The van der Waals surface area contributed by atoms with Gasteiger partial charge in [-0.2, -0.15) is 0 Å². The van der Waals surface area contributed by atoms with Crippen molar-refractivity contribution in [3.8, 4) is 0 Å². The molecule has 1 rings (SSSR count). The number of amides is 1. The van der Waals surface area contributed by atoms with Gasteiger partial charge in [0.15, 0.2) is 0 Å². The summed E-state index contributed by atoms with van der Waals surface area (Å²) < 4.78 is 0.749. The van der Waals surface area contributed by atoms with E-state index in [-0.39, 0.29) is 12.5 Å². The number of hydrogen-bond acceptors (Lipinski definition) is 3. The van der Waals surface area contributed by atoms with Crippen LogP contribution in [0, 0.1) is 0 Å². The summed E-state index contributed by atoms with van der Waals surface area (Å²) in [5.74, 6) is -0.130. The molecule has 0 bridgehead atoms. The zero-order valence-corrected chi connectivity index (χ0v) is 9.91. The first-order valence-electron chi connectivity index (χ1n) is 4.48. The number of aliphatic hydroxyl groups is 1. The van der Waals surface area contributed by atoms with Crippen molar-refractivity contribution in [3.63, 3.8) is 0 Å². The Morgan fingerprint density at radius 2 is 2.33 bits per heavy atom. The van der Waals surface area contributed by atoms with E-state index in [1.165, 1.54) is 6.92 Å². The molecule has 5 heteroatoms. The minimum atomic E-state index is -0.396. The number of benzene rings is 1. The quantitative estimate of drug-likeness (QED) is 0.779. The number of aliphatic hydroxyl groups excluding tert-OH is 1. The van der Waals surface area contributed by atoms with Crippen molar-refractivity contribution in [2.75, 3.05) is 11.9 Å². The van der Waals surface area contributed by atoms with E-state index in [4.69, 9.17) is 10.8 Å². The van der Waals surface area contributed by atoms with Gasteiger partial charge < -0.3 is 16.2 Å². The van der Waals surface area contributed by atoms with Crippen molar-refractivity contribution in [2.24, 2.45) is 5.73 Å². The summed E-state index contributed by atoms with van der Waals surface area (Å²) >= 11 is 3.32. The van der Waals surface area contributed by atoms with E-state index in [9.17, 15) is 4.79 Å². The summed E-state index contributed by atoms with van der Waals surface area (Å²) in [6.07, 6.45) is 0. The molecule has 0 saturated heterocycles. The van der Waals surface area contributed by atoms with Crippen LogP contribution >= 0.6 is 15.9 Å². The molecular weight excluding hydrogens is 260 g/mol. The Bertz CT molecular complexity index is 368. The van der Waals surface area contributed by atoms with Gasteiger partial charge in [0.25, 0.3) is 0 Å². The van der Waals surface area contributed by atoms with Crippen molar-refractivity contribution in [1.29, 1.82) is 0 Å². The van der Waals surface area contributed by atoms with E-state index in [1.807, 2.05) is 0 Å². The highest BCUT2D eigenvalue weighted by molar-refractivity contribution is 9.10. The number of hydrogen-bond donors (Lipinski definition) is 3. The lowest BCUT2D eigenvalue weighted by molar-refractivity contribution is -0.114. The largest absolute Gasteiger partial charge is 0.394 e. The second-order valence-corrected chi connectivity index (χ2v) is 4.06. The fraction of sp³-hybridized carbons (Fsp3) is 0.300. The van der Waals surface area contributed by atoms with Crippen molar-refractivity contribution >= 4 is 27.5 Å². The third-order valence-electron chi connectivity index (χ3n) is 1.93. The molecule has 0 aromatic heterocycles. The number of anilines is 1. The average Bonchev–Trinajstić information content (AvgIpc) is 2.19. The standard InChI is InChI=1S/C10H13BrN2O2/c1-6(15)13-10-3-2-7(4-8(10)11)9(12)5-14/h2-4,9,14H,5,12H2,1H3,(H,13,15)/t9-/m1/s1. The Labute approximate surface area is 96.6 Å². The Balaban J connectivity index is 2.92. The topological polar surface area (TPSA) is 75.4 Å². The molecule has 15 heavy (non-hydrogen) atoms. The van der Waals surface area contributed by atoms with Gasteiger partial charge in [-0.15, -0.1) is 0 Å². The van der Waals surface area contributed by atoms with Crippen LogP contribution in [0.15, 0.2) is 22.7 Å². The SMILES string of the molecule is CC(=O)Nc1ccc([C@H](N)CO)cc1Br. The van der Waals surface area contributed by atoms with Gasteiger partial charge in [0.05, 0.1) is 18.3 Å². The van der Waals surface area contributed by atoms with Gasteiger partial charge in [0, 0.05) is 11.4 Å². The molecule has 4 nitrogen and oxygen atoms in total. The molecular formula is C10H13BrN2O2. The van der Waals surface area contributed by atoms with E-state index >= 15 is 0 Å². The molecule has 1 amide bonds. The van der Waals surface area contributed by atoms with E-state index in [0.717, 1.165) is 10.0 Å². The van der Waals surface area contributed by atoms with Gasteiger partial charge in [-0.05, 0) is 33.6 Å². The second kappa shape index (κ2) is 5.25. The van der Waals surface area contributed by atoms with Crippen LogP contribution in [0.1, 0.15) is 18.5 Å². The maximum absolute atomic E-state index is 10.8. The van der Waals surface area contributed by atoms with Crippen molar-refractivity contribution in [1.82, 2.24) is 0 Å². The highest BCUT2D eigenvalue weighted by Gasteiger charge is 2.07. The summed E-state index contributed by atoms with van der Waals surface area (Å²) in [6.45, 7) is 1.34. The van der Waals surface area contributed by atoms with Gasteiger partial charge in [-0.1, -0.05) is 6.07 Å². The molecule has 1 aromatic rings. The molecule has 1 atom stereocenters. The molecule has 0 aliphatic carbocycles. The van der Waals surface area contributed by atoms with Gasteiger partial charge in [-0.3, -0.25) is 4.79 Å². The Hall–Kier alpha value is -0.910. The van der Waals surface area contributed by atoms with E-state index < -0.39 is 6.04 Å². The normalized spacial score (nSPS) is 12.3. The number of halogens is 1. The Morgan fingerprint density at radius 3 is 2.80 bits per heavy atom. The first-order valence-corrected chi connectivity index (χ1v) is 5.27. The number of carbonyl (C=O) groups excluding carboxylic acids is 1. The Kier molecular flexibility index (Phi) is 4.26. The van der Waals surface area contributed by atoms with Gasteiger partial charge in [0.2, 0.25) is 5.91 Å². The van der Waals surface area contributed by atoms with Gasteiger partial charge in [-0.25, -0.2) is 0 Å². The fourth-order valence-corrected chi connectivity index (χ4v) is 1.65. The van der Waals surface area contributed by atoms with E-state index in [0.29, 0.717) is 5.69 Å². The minimum Gasteiger partial charge on any atom is -0.394 e. The molecule has 1 aromatic carbocycles. The van der Waals surface area contributed by atoms with E-state index in [1.54, 1.807) is 18.2 Å². The fourth-order valence-electron chi connectivity index (χ4n) is 1.16. The third-order valence-corrected chi connectivity index (χ3v) is 2.58. The molecule has 0 heterocycles. The van der Waals surface area contributed by atoms with Crippen molar-refractivity contribution in [2.45, 2.75) is 13.0 Å². The minimum absolute atomic E-state index is 0.105. The van der Waals surface area contributed by atoms with Crippen LogP contribution in [0.4, 0.5) is 5.69 Å². The number of nitrogens with one attached hydrogen (secondary N) is 1. The lowest BCUT2D eigenvalue weighted by Crippen LogP contribution is -2.14. The zero-order valence-electron chi connectivity index (χ0n) is 8.33. The molecule has 0 aliphatic heterocycles. The summed E-state index contributed by atoms with van der Waals surface area (Å²) in [4.78, 5) is 10.8. The summed E-state index contributed by atoms with van der Waals surface area (Å²) in [7, 11) is 0. The van der Waals surface area contributed by atoms with Crippen LogP contribution in [0.3, 0.4) is 0 Å². The maximum Gasteiger partial charge on any atom is 0.221 e. The molecule has 82 valence electrons. The zero-order chi connectivity index (χ0) is 11.4. The smallest absolute Gasteiger partial charge is 0.221 e. The number of rotatable bonds is 3. The summed E-state index contributed by atoms with van der Waals surface area (Å²) in [6, 6.07) is 4.91. The molecule has 0 unspecified atom stereocenters. The van der Waals surface area contributed by atoms with E-state index in [2.05, 4.69) is 21.2 Å². The van der Waals surface area contributed by atoms with Crippen LogP contribution in [-0.4, -0.2) is 17.6 Å². The number of nitrogens with two attached hydrogens (primary N) is 1. The van der Waals surface area contributed by atoms with Crippen LogP contribution in [-0.2, 0) is 4.79 Å². The second-order valence-electron chi connectivity index (χ2n) is 3.21. The molecule has 0 fully saturated rings. The maximum atomic E-state index is 10.8. The van der Waals surface area contributed by atoms with Gasteiger partial charge >= 0.3 is 0 Å². The molecule has 4 N–H and O–H groups in total. The third kappa shape index (κ3) is 3.30. The lowest BCUT2D eigenvalue weighted by atomic mass is 10.1. The van der Waals surface area contributed by atoms with Crippen molar-refractivity contribution in [3.05, 3.63) is 28.2 Å². The highest BCUT2D eigenvalue weighted by atomic mass is 79.9. The highest BCUT2D eigenvalue weighted by Crippen LogP contribution is 2.25. The van der Waals surface area contributed by atoms with Crippen LogP contribution in [0.25, 0.3) is 0 Å². The lowest BCUT2D eigenvalue weighted by Gasteiger charge is -2.11. The predicted molar refractivity (Wildman–Crippen MR) is 62.5 cm³/mol. The molecule has 0 spiro atoms. The number of carbonyl (C=O) groups is 1. The van der Waals surface area contributed by atoms with Crippen LogP contribution in [0.2, 0.25) is 0 Å². The molecule has 0 saturated carbocycles. The van der Waals surface area contributed by atoms with Gasteiger partial charge in [0.1, 0.15) is 0 Å². The van der Waals surface area contributed by atoms with Crippen LogP contribution in [0.5, 0.6) is 0 Å². The molecule has 0 aliphatic rings. The van der Waals surface area contributed by atoms with Crippen LogP contribution < -0.4 is 11.1 Å². The van der Waals surface area contributed by atoms with Crippen molar-refractivity contribution < 1.29 is 9.90 Å². The Morgan fingerprint density at radius 1 is 1.67 bits per heavy atom. The first kappa shape index (κ1) is 12.2. The average molecular weight is 273 g/mol. The first-order chi connectivity index (χ1) is 7.04.